The van der Waals surface area contributed by atoms with Crippen molar-refractivity contribution in [2.24, 2.45) is 0 Å². The Bertz CT molecular complexity index is 989. The molecule has 2 aromatic rings. The van der Waals surface area contributed by atoms with Gasteiger partial charge in [0.1, 0.15) is 5.75 Å². The molecule has 3 N–H and O–H groups in total. The van der Waals surface area contributed by atoms with Gasteiger partial charge in [-0.15, -0.1) is 0 Å². The fraction of sp³-hybridized carbons (Fsp3) is 0.391. The summed E-state index contributed by atoms with van der Waals surface area (Å²) in [6.07, 6.45) is 4.55. The lowest BCUT2D eigenvalue weighted by molar-refractivity contribution is 0.0977. The van der Waals surface area contributed by atoms with E-state index >= 15 is 0 Å². The van der Waals surface area contributed by atoms with Crippen LogP contribution in [0.25, 0.3) is 0 Å². The molecule has 0 fully saturated rings. The summed E-state index contributed by atoms with van der Waals surface area (Å²) in [4.78, 5) is 12.6. The second-order valence-corrected chi connectivity index (χ2v) is 9.76. The molecule has 0 aliphatic heterocycles. The maximum absolute atomic E-state index is 12.4. The number of anilines is 1. The minimum Gasteiger partial charge on any atom is -0.494 e. The number of nitrogens with one attached hydrogen (secondary N) is 3. The Kier molecular flexibility index (Phi) is 10.1. The molecule has 9 heteroatoms. The quantitative estimate of drug-likeness (QED) is 0.327. The highest BCUT2D eigenvalue weighted by atomic mass is 32.2. The average molecular weight is 478 g/mol. The minimum absolute atomic E-state index is 0.113. The van der Waals surface area contributed by atoms with Gasteiger partial charge in [-0.2, -0.15) is 0 Å². The van der Waals surface area contributed by atoms with E-state index in [9.17, 15) is 13.2 Å². The number of thiocarbonyl (C=S) groups is 1. The number of amides is 1. The van der Waals surface area contributed by atoms with Gasteiger partial charge >= 0.3 is 0 Å². The molecule has 0 saturated carbocycles. The molecule has 0 heterocycles. The van der Waals surface area contributed by atoms with Crippen LogP contribution in [0.5, 0.6) is 5.75 Å². The highest BCUT2D eigenvalue weighted by Crippen LogP contribution is 2.15. The molecule has 0 radical (unpaired) electrons. The second kappa shape index (κ2) is 12.5. The smallest absolute Gasteiger partial charge is 0.257 e. The molecule has 32 heavy (non-hydrogen) atoms. The molecule has 0 aliphatic rings. The van der Waals surface area contributed by atoms with E-state index in [1.54, 1.807) is 50.2 Å². The third-order valence-electron chi connectivity index (χ3n) is 4.42. The molecule has 0 bridgehead atoms. The van der Waals surface area contributed by atoms with Crippen molar-refractivity contribution >= 4 is 38.9 Å². The fourth-order valence-corrected chi connectivity index (χ4v) is 4.32. The first-order valence-corrected chi connectivity index (χ1v) is 12.6. The summed E-state index contributed by atoms with van der Waals surface area (Å²) >= 11 is 5.20. The van der Waals surface area contributed by atoms with Gasteiger partial charge in [0.05, 0.1) is 11.5 Å². The zero-order chi connectivity index (χ0) is 23.6. The number of hydrogen-bond donors (Lipinski definition) is 3. The fourth-order valence-electron chi connectivity index (χ4n) is 2.85. The van der Waals surface area contributed by atoms with Crippen LogP contribution in [-0.2, 0) is 10.0 Å². The molecule has 7 nitrogen and oxygen atoms in total. The third-order valence-corrected chi connectivity index (χ3v) is 6.30. The van der Waals surface area contributed by atoms with E-state index in [0.717, 1.165) is 18.6 Å². The van der Waals surface area contributed by atoms with Crippen molar-refractivity contribution in [2.45, 2.75) is 57.4 Å². The average Bonchev–Trinajstić information content (AvgIpc) is 2.73. The van der Waals surface area contributed by atoms with Crippen molar-refractivity contribution in [2.75, 3.05) is 11.9 Å². The van der Waals surface area contributed by atoms with Crippen LogP contribution in [-0.4, -0.2) is 32.1 Å². The van der Waals surface area contributed by atoms with E-state index in [1.807, 2.05) is 0 Å². The summed E-state index contributed by atoms with van der Waals surface area (Å²) in [6, 6.07) is 12.8. The zero-order valence-corrected chi connectivity index (χ0v) is 20.3. The molecule has 0 saturated heterocycles. The van der Waals surface area contributed by atoms with Gasteiger partial charge in [-0.05, 0) is 81.0 Å². The molecule has 0 spiro atoms. The van der Waals surface area contributed by atoms with Crippen LogP contribution in [0.1, 0.15) is 56.8 Å². The predicted molar refractivity (Wildman–Crippen MR) is 132 cm³/mol. The summed E-state index contributed by atoms with van der Waals surface area (Å²) in [5.74, 6) is 0.373. The lowest BCUT2D eigenvalue weighted by Crippen LogP contribution is -2.34. The predicted octanol–water partition coefficient (Wildman–Crippen LogP) is 4.46. The molecule has 0 atom stereocenters. The van der Waals surface area contributed by atoms with Crippen LogP contribution in [0.2, 0.25) is 0 Å². The van der Waals surface area contributed by atoms with Crippen molar-refractivity contribution in [3.8, 4) is 5.75 Å². The Hall–Kier alpha value is -2.49. The number of unbranched alkanes of at least 4 members (excludes halogenated alkanes) is 3. The lowest BCUT2D eigenvalue weighted by atomic mass is 10.2. The lowest BCUT2D eigenvalue weighted by Gasteiger charge is -2.12. The van der Waals surface area contributed by atoms with Crippen molar-refractivity contribution in [1.82, 2.24) is 10.0 Å². The summed E-state index contributed by atoms with van der Waals surface area (Å²) in [6.45, 7) is 6.33. The van der Waals surface area contributed by atoms with E-state index in [-0.39, 0.29) is 22.0 Å². The number of carbonyl (C=O) groups is 1. The van der Waals surface area contributed by atoms with Gasteiger partial charge in [0, 0.05) is 17.3 Å². The van der Waals surface area contributed by atoms with E-state index in [1.165, 1.54) is 25.0 Å². The van der Waals surface area contributed by atoms with Crippen LogP contribution in [0, 0.1) is 0 Å². The highest BCUT2D eigenvalue weighted by Gasteiger charge is 2.15. The Morgan fingerprint density at radius 1 is 1.00 bits per heavy atom. The van der Waals surface area contributed by atoms with Crippen LogP contribution in [0.3, 0.4) is 0 Å². The van der Waals surface area contributed by atoms with Gasteiger partial charge in [0.2, 0.25) is 10.0 Å². The topological polar surface area (TPSA) is 96.5 Å². The van der Waals surface area contributed by atoms with Gasteiger partial charge < -0.3 is 10.1 Å². The summed E-state index contributed by atoms with van der Waals surface area (Å²) in [7, 11) is -3.56. The maximum Gasteiger partial charge on any atom is 0.257 e. The number of rotatable bonds is 11. The Labute approximate surface area is 196 Å². The van der Waals surface area contributed by atoms with Gasteiger partial charge in [-0.25, -0.2) is 13.1 Å². The van der Waals surface area contributed by atoms with Gasteiger partial charge in [-0.3, -0.25) is 10.1 Å². The molecule has 2 rings (SSSR count). The number of ether oxygens (including phenoxy) is 1. The molecule has 1 amide bonds. The van der Waals surface area contributed by atoms with E-state index in [2.05, 4.69) is 22.3 Å². The third kappa shape index (κ3) is 8.57. The van der Waals surface area contributed by atoms with E-state index in [4.69, 9.17) is 17.0 Å². The van der Waals surface area contributed by atoms with Gasteiger partial charge in [0.15, 0.2) is 5.11 Å². The first-order valence-electron chi connectivity index (χ1n) is 10.7. The van der Waals surface area contributed by atoms with Crippen LogP contribution < -0.4 is 20.1 Å². The zero-order valence-electron chi connectivity index (χ0n) is 18.7. The number of hydrogen-bond acceptors (Lipinski definition) is 5. The van der Waals surface area contributed by atoms with Gasteiger partial charge in [-0.1, -0.05) is 26.2 Å². The Morgan fingerprint density at radius 2 is 1.66 bits per heavy atom. The maximum atomic E-state index is 12.4. The monoisotopic (exact) mass is 477 g/mol. The summed E-state index contributed by atoms with van der Waals surface area (Å²) < 4.78 is 32.6. The SMILES string of the molecule is CCCCCCOc1ccc(C(=O)NC(=S)Nc2ccc(S(=O)(=O)NC(C)C)cc2)cc1. The van der Waals surface area contributed by atoms with Crippen LogP contribution in [0.4, 0.5) is 5.69 Å². The van der Waals surface area contributed by atoms with Crippen molar-refractivity contribution in [3.63, 3.8) is 0 Å². The summed E-state index contributed by atoms with van der Waals surface area (Å²) in [5.41, 5.74) is 1.01. The van der Waals surface area contributed by atoms with E-state index in [0.29, 0.717) is 17.9 Å². The molecule has 2 aromatic carbocycles. The van der Waals surface area contributed by atoms with Gasteiger partial charge in [0.25, 0.3) is 5.91 Å². The Morgan fingerprint density at radius 3 is 2.25 bits per heavy atom. The second-order valence-electron chi connectivity index (χ2n) is 7.64. The molecule has 0 aliphatic carbocycles. The highest BCUT2D eigenvalue weighted by molar-refractivity contribution is 7.89. The first kappa shape index (κ1) is 25.8. The molecule has 174 valence electrons. The normalized spacial score (nSPS) is 11.2. The minimum atomic E-state index is -3.56. The van der Waals surface area contributed by atoms with Crippen LogP contribution >= 0.6 is 12.2 Å². The number of sulfonamides is 1. The number of benzene rings is 2. The summed E-state index contributed by atoms with van der Waals surface area (Å²) in [5, 5.41) is 5.60. The molecular weight excluding hydrogens is 446 g/mol. The first-order chi connectivity index (χ1) is 15.2. The van der Waals surface area contributed by atoms with Crippen molar-refractivity contribution in [1.29, 1.82) is 0 Å². The van der Waals surface area contributed by atoms with Crippen LogP contribution in [0.15, 0.2) is 53.4 Å². The molecular formula is C23H31N3O4S2. The molecule has 0 aromatic heterocycles. The number of carbonyl (C=O) groups excluding carboxylic acids is 1. The van der Waals surface area contributed by atoms with Crippen molar-refractivity contribution in [3.05, 3.63) is 54.1 Å². The Balaban J connectivity index is 1.85. The standard InChI is InChI=1S/C23H31N3O4S2/c1-4-5-6-7-16-30-20-12-8-18(9-13-20)22(27)25-23(31)24-19-10-14-21(15-11-19)32(28,29)26-17(2)3/h8-15,17,26H,4-7,16H2,1-3H3,(H2,24,25,27,31). The largest absolute Gasteiger partial charge is 0.494 e. The van der Waals surface area contributed by atoms with E-state index < -0.39 is 10.0 Å². The molecule has 0 unspecified atom stereocenters. The van der Waals surface area contributed by atoms with Crippen molar-refractivity contribution < 1.29 is 17.9 Å².